The highest BCUT2D eigenvalue weighted by Crippen LogP contribution is 2.61. The third-order valence-electron chi connectivity index (χ3n) is 9.29. The second kappa shape index (κ2) is 9.67. The Morgan fingerprint density at radius 2 is 1.86 bits per heavy atom. The van der Waals surface area contributed by atoms with Crippen LogP contribution in [0.25, 0.3) is 0 Å². The number of hydrogen-bond acceptors (Lipinski definition) is 1. The summed E-state index contributed by atoms with van der Waals surface area (Å²) in [6, 6.07) is 0. The van der Waals surface area contributed by atoms with E-state index in [4.69, 9.17) is 0 Å². The molecule has 162 valence electrons. The first-order chi connectivity index (χ1) is 13.3. The summed E-state index contributed by atoms with van der Waals surface area (Å²) in [7, 11) is 0. The van der Waals surface area contributed by atoms with Crippen LogP contribution in [0.5, 0.6) is 0 Å². The predicted molar refractivity (Wildman–Crippen MR) is 121 cm³/mol. The first-order valence-electron chi connectivity index (χ1n) is 12.7. The Kier molecular flexibility index (Phi) is 7.73. The molecule has 0 radical (unpaired) electrons. The highest BCUT2D eigenvalue weighted by molar-refractivity contribution is 5.06. The van der Waals surface area contributed by atoms with Gasteiger partial charge in [-0.2, -0.15) is 0 Å². The van der Waals surface area contributed by atoms with E-state index in [-0.39, 0.29) is 6.10 Å². The van der Waals surface area contributed by atoms with Crippen molar-refractivity contribution in [3.63, 3.8) is 0 Å². The highest BCUT2D eigenvalue weighted by atomic mass is 16.3. The fourth-order valence-corrected chi connectivity index (χ4v) is 7.62. The standard InChI is InChI=1S/C27H48O/c1-19(2)8-6-9-21(4)25-15-16-26-22(10-7-17-27(25,26)5)12-13-23-18-24(28)14-11-20(23)3/h19,21-26,28H,3,6-18H2,1-2,4-5H3/t21-,22+,23?,24+,25-,26+,27-/m1/s1. The van der Waals surface area contributed by atoms with Crippen LogP contribution in [0.4, 0.5) is 0 Å². The summed E-state index contributed by atoms with van der Waals surface area (Å²) in [5.74, 6) is 5.19. The third-order valence-corrected chi connectivity index (χ3v) is 9.29. The van der Waals surface area contributed by atoms with Gasteiger partial charge in [-0.1, -0.05) is 72.0 Å². The lowest BCUT2D eigenvalue weighted by Gasteiger charge is -2.47. The molecule has 1 nitrogen and oxygen atoms in total. The second-order valence-corrected chi connectivity index (χ2v) is 11.6. The zero-order valence-electron chi connectivity index (χ0n) is 19.4. The molecular formula is C27H48O. The average molecular weight is 389 g/mol. The maximum absolute atomic E-state index is 10.1. The molecule has 0 bridgehead atoms. The van der Waals surface area contributed by atoms with Crippen molar-refractivity contribution in [1.29, 1.82) is 0 Å². The van der Waals surface area contributed by atoms with E-state index in [0.717, 1.165) is 48.9 Å². The van der Waals surface area contributed by atoms with Gasteiger partial charge in [0.15, 0.2) is 0 Å². The van der Waals surface area contributed by atoms with Crippen LogP contribution in [0.15, 0.2) is 12.2 Å². The van der Waals surface area contributed by atoms with Crippen molar-refractivity contribution >= 4 is 0 Å². The molecule has 0 aromatic rings. The van der Waals surface area contributed by atoms with Gasteiger partial charge in [0.2, 0.25) is 0 Å². The Balaban J connectivity index is 1.56. The van der Waals surface area contributed by atoms with E-state index in [1.54, 1.807) is 0 Å². The van der Waals surface area contributed by atoms with Gasteiger partial charge in [0.05, 0.1) is 6.10 Å². The molecule has 0 aliphatic heterocycles. The van der Waals surface area contributed by atoms with Gasteiger partial charge in [-0.25, -0.2) is 0 Å². The number of fused-ring (bicyclic) bond motifs is 1. The van der Waals surface area contributed by atoms with Gasteiger partial charge in [-0.15, -0.1) is 0 Å². The minimum Gasteiger partial charge on any atom is -0.393 e. The molecule has 28 heavy (non-hydrogen) atoms. The quantitative estimate of drug-likeness (QED) is 0.421. The van der Waals surface area contributed by atoms with Crippen molar-refractivity contribution in [2.45, 2.75) is 117 Å². The Morgan fingerprint density at radius 3 is 2.61 bits per heavy atom. The van der Waals surface area contributed by atoms with Crippen molar-refractivity contribution in [3.8, 4) is 0 Å². The summed E-state index contributed by atoms with van der Waals surface area (Å²) in [4.78, 5) is 0. The number of rotatable bonds is 8. The lowest BCUT2D eigenvalue weighted by atomic mass is 9.58. The van der Waals surface area contributed by atoms with Crippen molar-refractivity contribution in [2.75, 3.05) is 0 Å². The van der Waals surface area contributed by atoms with Gasteiger partial charge >= 0.3 is 0 Å². The van der Waals surface area contributed by atoms with E-state index in [1.165, 1.54) is 69.8 Å². The van der Waals surface area contributed by atoms with Crippen LogP contribution in [0, 0.1) is 40.9 Å². The molecule has 3 rings (SSSR count). The Labute approximate surface area is 175 Å². The van der Waals surface area contributed by atoms with Gasteiger partial charge in [0, 0.05) is 0 Å². The molecule has 1 N–H and O–H groups in total. The summed E-state index contributed by atoms with van der Waals surface area (Å²) in [5, 5.41) is 10.1. The number of hydrogen-bond donors (Lipinski definition) is 1. The lowest BCUT2D eigenvalue weighted by molar-refractivity contribution is 0.0222. The maximum atomic E-state index is 10.1. The summed E-state index contributed by atoms with van der Waals surface area (Å²) < 4.78 is 0. The molecule has 3 fully saturated rings. The molecule has 0 aromatic carbocycles. The van der Waals surface area contributed by atoms with E-state index in [9.17, 15) is 5.11 Å². The first-order valence-corrected chi connectivity index (χ1v) is 12.7. The molecule has 1 heteroatoms. The van der Waals surface area contributed by atoms with E-state index in [1.807, 2.05) is 0 Å². The van der Waals surface area contributed by atoms with Crippen LogP contribution in [0.1, 0.15) is 111 Å². The minimum atomic E-state index is -0.0744. The average Bonchev–Trinajstić information content (AvgIpc) is 2.99. The molecule has 3 saturated carbocycles. The van der Waals surface area contributed by atoms with Crippen LogP contribution >= 0.6 is 0 Å². The summed E-state index contributed by atoms with van der Waals surface area (Å²) in [6.07, 6.45) is 17.1. The fourth-order valence-electron chi connectivity index (χ4n) is 7.62. The van der Waals surface area contributed by atoms with Crippen molar-refractivity contribution < 1.29 is 5.11 Å². The van der Waals surface area contributed by atoms with E-state index in [2.05, 4.69) is 34.3 Å². The molecule has 0 heterocycles. The minimum absolute atomic E-state index is 0.0744. The summed E-state index contributed by atoms with van der Waals surface area (Å²) in [5.41, 5.74) is 2.02. The Morgan fingerprint density at radius 1 is 1.07 bits per heavy atom. The van der Waals surface area contributed by atoms with Crippen molar-refractivity contribution in [1.82, 2.24) is 0 Å². The third kappa shape index (κ3) is 5.05. The second-order valence-electron chi connectivity index (χ2n) is 11.6. The predicted octanol–water partition coefficient (Wildman–Crippen LogP) is 7.78. The molecular weight excluding hydrogens is 340 g/mol. The van der Waals surface area contributed by atoms with Gasteiger partial charge < -0.3 is 5.11 Å². The van der Waals surface area contributed by atoms with Crippen LogP contribution in [0.2, 0.25) is 0 Å². The van der Waals surface area contributed by atoms with Crippen LogP contribution in [0.3, 0.4) is 0 Å². The first kappa shape index (κ1) is 22.4. The van der Waals surface area contributed by atoms with E-state index in [0.29, 0.717) is 11.3 Å². The van der Waals surface area contributed by atoms with Crippen LogP contribution < -0.4 is 0 Å². The van der Waals surface area contributed by atoms with Gasteiger partial charge in [-0.05, 0) is 92.3 Å². The fraction of sp³-hybridized carbons (Fsp3) is 0.926. The highest BCUT2D eigenvalue weighted by Gasteiger charge is 2.52. The Bertz CT molecular complexity index is 508. The molecule has 0 saturated heterocycles. The largest absolute Gasteiger partial charge is 0.393 e. The van der Waals surface area contributed by atoms with Crippen LogP contribution in [-0.2, 0) is 0 Å². The zero-order valence-corrected chi connectivity index (χ0v) is 19.4. The molecule has 0 spiro atoms. The van der Waals surface area contributed by atoms with Gasteiger partial charge in [0.1, 0.15) is 0 Å². The van der Waals surface area contributed by atoms with Gasteiger partial charge in [-0.3, -0.25) is 0 Å². The molecule has 3 aliphatic rings. The van der Waals surface area contributed by atoms with Gasteiger partial charge in [0.25, 0.3) is 0 Å². The topological polar surface area (TPSA) is 20.2 Å². The van der Waals surface area contributed by atoms with Crippen molar-refractivity contribution in [3.05, 3.63) is 12.2 Å². The number of allylic oxidation sites excluding steroid dienone is 1. The molecule has 7 atom stereocenters. The molecule has 0 aromatic heterocycles. The van der Waals surface area contributed by atoms with E-state index >= 15 is 0 Å². The molecule has 0 amide bonds. The number of aliphatic hydroxyl groups is 1. The summed E-state index contributed by atoms with van der Waals surface area (Å²) >= 11 is 0. The van der Waals surface area contributed by atoms with E-state index < -0.39 is 0 Å². The normalized spacial score (nSPS) is 39.9. The maximum Gasteiger partial charge on any atom is 0.0549 e. The monoisotopic (exact) mass is 388 g/mol. The molecule has 3 aliphatic carbocycles. The Hall–Kier alpha value is -0.300. The van der Waals surface area contributed by atoms with Crippen LogP contribution in [-0.4, -0.2) is 11.2 Å². The molecule has 1 unspecified atom stereocenters. The number of aliphatic hydroxyl groups excluding tert-OH is 1. The summed E-state index contributed by atoms with van der Waals surface area (Å²) in [6.45, 7) is 14.3. The van der Waals surface area contributed by atoms with Crippen molar-refractivity contribution in [2.24, 2.45) is 40.9 Å². The SMILES string of the molecule is C=C1CC[C@H](O)CC1CC[C@@H]1CCC[C@]2(C)[C@@H]([C@H](C)CCCC(C)C)CC[C@@H]12. The smallest absolute Gasteiger partial charge is 0.0549 e. The zero-order chi connectivity index (χ0) is 20.3. The lowest BCUT2D eigenvalue weighted by Crippen LogP contribution is -2.39.